The summed E-state index contributed by atoms with van der Waals surface area (Å²) < 4.78 is 0. The lowest BCUT2D eigenvalue weighted by Crippen LogP contribution is -2.38. The second-order valence-electron chi connectivity index (χ2n) is 6.86. The molecule has 1 N–H and O–H groups in total. The van der Waals surface area contributed by atoms with Crippen molar-refractivity contribution in [2.45, 2.75) is 32.6 Å². The van der Waals surface area contributed by atoms with Crippen LogP contribution in [-0.2, 0) is 17.6 Å². The largest absolute Gasteiger partial charge is 0.508 e. The molecule has 3 heteroatoms. The van der Waals surface area contributed by atoms with Crippen LogP contribution in [0.2, 0.25) is 0 Å². The van der Waals surface area contributed by atoms with E-state index in [4.69, 9.17) is 0 Å². The Morgan fingerprint density at radius 1 is 1.08 bits per heavy atom. The van der Waals surface area contributed by atoms with Gasteiger partial charge in [-0.1, -0.05) is 43.3 Å². The third-order valence-corrected chi connectivity index (χ3v) is 4.90. The van der Waals surface area contributed by atoms with Gasteiger partial charge in [-0.25, -0.2) is 0 Å². The maximum absolute atomic E-state index is 12.6. The van der Waals surface area contributed by atoms with Gasteiger partial charge >= 0.3 is 0 Å². The highest BCUT2D eigenvalue weighted by atomic mass is 16.3. The minimum Gasteiger partial charge on any atom is -0.508 e. The van der Waals surface area contributed by atoms with Crippen LogP contribution < -0.4 is 0 Å². The number of aromatic hydroxyl groups is 1. The van der Waals surface area contributed by atoms with E-state index < -0.39 is 0 Å². The first-order valence-corrected chi connectivity index (χ1v) is 8.74. The van der Waals surface area contributed by atoms with E-state index in [1.807, 2.05) is 35.2 Å². The molecule has 0 aliphatic carbocycles. The molecule has 1 aliphatic rings. The predicted octanol–water partition coefficient (Wildman–Crippen LogP) is 3.78. The molecule has 0 aromatic heterocycles. The van der Waals surface area contributed by atoms with Crippen molar-refractivity contribution in [1.29, 1.82) is 0 Å². The Kier molecular flexibility index (Phi) is 5.19. The number of nitrogens with zero attached hydrogens (tertiary/aromatic N) is 1. The Balaban J connectivity index is 1.71. The summed E-state index contributed by atoms with van der Waals surface area (Å²) >= 11 is 0. The van der Waals surface area contributed by atoms with Crippen LogP contribution in [-0.4, -0.2) is 29.0 Å². The molecule has 1 saturated heterocycles. The van der Waals surface area contributed by atoms with Crippen LogP contribution in [0.4, 0.5) is 0 Å². The Labute approximate surface area is 143 Å². The molecular weight excluding hydrogens is 298 g/mol. The van der Waals surface area contributed by atoms with Gasteiger partial charge in [-0.3, -0.25) is 4.79 Å². The summed E-state index contributed by atoms with van der Waals surface area (Å²) in [5.74, 6) is 1.24. The first-order valence-electron chi connectivity index (χ1n) is 8.74. The maximum Gasteiger partial charge on any atom is 0.226 e. The fourth-order valence-corrected chi connectivity index (χ4v) is 3.32. The van der Waals surface area contributed by atoms with E-state index in [0.717, 1.165) is 55.0 Å². The maximum atomic E-state index is 12.6. The van der Waals surface area contributed by atoms with Gasteiger partial charge in [-0.05, 0) is 54.0 Å². The van der Waals surface area contributed by atoms with Crippen molar-refractivity contribution < 1.29 is 9.90 Å². The Morgan fingerprint density at radius 3 is 2.50 bits per heavy atom. The second-order valence-corrected chi connectivity index (χ2v) is 6.86. The third kappa shape index (κ3) is 4.16. The Morgan fingerprint density at radius 2 is 1.79 bits per heavy atom. The molecule has 1 amide bonds. The third-order valence-electron chi connectivity index (χ3n) is 4.90. The average molecular weight is 323 g/mol. The minimum absolute atomic E-state index is 0.227. The predicted molar refractivity (Wildman–Crippen MR) is 96.0 cm³/mol. The summed E-state index contributed by atoms with van der Waals surface area (Å²) in [5.41, 5.74) is 3.30. The average Bonchev–Trinajstić information content (AvgIpc) is 2.57. The van der Waals surface area contributed by atoms with Crippen LogP contribution in [0, 0.1) is 5.92 Å². The molecule has 1 aliphatic heterocycles. The van der Waals surface area contributed by atoms with Gasteiger partial charge in [0.25, 0.3) is 0 Å². The number of hydrogen-bond acceptors (Lipinski definition) is 2. The van der Waals surface area contributed by atoms with E-state index in [9.17, 15) is 9.90 Å². The lowest BCUT2D eigenvalue weighted by atomic mass is 9.96. The fraction of sp³-hybridized carbons (Fsp3) is 0.381. The fourth-order valence-electron chi connectivity index (χ4n) is 3.32. The Hall–Kier alpha value is -2.29. The number of amides is 1. The van der Waals surface area contributed by atoms with Gasteiger partial charge in [-0.15, -0.1) is 0 Å². The van der Waals surface area contributed by atoms with Crippen molar-refractivity contribution in [3.05, 3.63) is 65.2 Å². The number of carbonyl (C=O) groups is 1. The number of phenolic OH excluding ortho intramolecular Hbond substituents is 1. The highest BCUT2D eigenvalue weighted by Gasteiger charge is 2.21. The van der Waals surface area contributed by atoms with E-state index in [1.165, 1.54) is 0 Å². The molecule has 2 aromatic carbocycles. The zero-order chi connectivity index (χ0) is 16.9. The van der Waals surface area contributed by atoms with Crippen LogP contribution in [0.3, 0.4) is 0 Å². The number of piperidine rings is 1. The topological polar surface area (TPSA) is 40.5 Å². The second kappa shape index (κ2) is 7.52. The molecular formula is C21H25NO2. The Bertz CT molecular complexity index is 702. The number of hydrogen-bond donors (Lipinski definition) is 1. The molecule has 0 radical (unpaired) electrons. The van der Waals surface area contributed by atoms with Crippen LogP contribution in [0.15, 0.2) is 48.5 Å². The molecule has 0 atom stereocenters. The standard InChI is InChI=1S/C21H25NO2/c1-16-9-11-22(12-10-16)21(24)15-19-7-3-2-6-18(19)13-17-5-4-8-20(23)14-17/h2-8,14,16,23H,9-13,15H2,1H3. The smallest absolute Gasteiger partial charge is 0.226 e. The van der Waals surface area contributed by atoms with Crippen molar-refractivity contribution in [3.63, 3.8) is 0 Å². The lowest BCUT2D eigenvalue weighted by Gasteiger charge is -2.30. The summed E-state index contributed by atoms with van der Waals surface area (Å²) in [6, 6.07) is 15.4. The molecule has 3 rings (SSSR count). The molecule has 126 valence electrons. The molecule has 3 nitrogen and oxygen atoms in total. The van der Waals surface area contributed by atoms with Crippen molar-refractivity contribution in [3.8, 4) is 5.75 Å². The first kappa shape index (κ1) is 16.6. The minimum atomic E-state index is 0.227. The summed E-state index contributed by atoms with van der Waals surface area (Å²) in [7, 11) is 0. The normalized spacial score (nSPS) is 15.5. The summed E-state index contributed by atoms with van der Waals surface area (Å²) in [6.07, 6.45) is 3.41. The van der Waals surface area contributed by atoms with Crippen molar-refractivity contribution >= 4 is 5.91 Å². The molecule has 1 fully saturated rings. The molecule has 0 spiro atoms. The van der Waals surface area contributed by atoms with E-state index in [1.54, 1.807) is 12.1 Å². The van der Waals surface area contributed by atoms with Gasteiger partial charge in [0.05, 0.1) is 6.42 Å². The van der Waals surface area contributed by atoms with Gasteiger partial charge in [0.15, 0.2) is 0 Å². The number of carbonyl (C=O) groups excluding carboxylic acids is 1. The highest BCUT2D eigenvalue weighted by molar-refractivity contribution is 5.79. The van der Waals surface area contributed by atoms with E-state index in [0.29, 0.717) is 6.42 Å². The molecule has 0 unspecified atom stereocenters. The van der Waals surface area contributed by atoms with Gasteiger partial charge in [-0.2, -0.15) is 0 Å². The quantitative estimate of drug-likeness (QED) is 0.930. The van der Waals surface area contributed by atoms with Gasteiger partial charge in [0.2, 0.25) is 5.91 Å². The number of benzene rings is 2. The first-order chi connectivity index (χ1) is 11.6. The summed E-state index contributed by atoms with van der Waals surface area (Å²) in [6.45, 7) is 4.02. The number of likely N-dealkylation sites (tertiary alicyclic amines) is 1. The molecule has 2 aromatic rings. The van der Waals surface area contributed by atoms with E-state index >= 15 is 0 Å². The van der Waals surface area contributed by atoms with Crippen LogP contribution in [0.1, 0.15) is 36.5 Å². The zero-order valence-corrected chi connectivity index (χ0v) is 14.2. The van der Waals surface area contributed by atoms with Crippen molar-refractivity contribution in [1.82, 2.24) is 4.90 Å². The summed E-state index contributed by atoms with van der Waals surface area (Å²) in [4.78, 5) is 14.6. The van der Waals surface area contributed by atoms with E-state index in [-0.39, 0.29) is 11.7 Å². The van der Waals surface area contributed by atoms with Crippen molar-refractivity contribution in [2.75, 3.05) is 13.1 Å². The number of phenols is 1. The van der Waals surface area contributed by atoms with Crippen LogP contribution >= 0.6 is 0 Å². The van der Waals surface area contributed by atoms with Gasteiger partial charge < -0.3 is 10.0 Å². The molecule has 24 heavy (non-hydrogen) atoms. The SMILES string of the molecule is CC1CCN(C(=O)Cc2ccccc2Cc2cccc(O)c2)CC1. The van der Waals surface area contributed by atoms with Crippen molar-refractivity contribution in [2.24, 2.45) is 5.92 Å². The van der Waals surface area contributed by atoms with Crippen LogP contribution in [0.5, 0.6) is 5.75 Å². The lowest BCUT2D eigenvalue weighted by molar-refractivity contribution is -0.131. The molecule has 1 heterocycles. The van der Waals surface area contributed by atoms with Gasteiger partial charge in [0.1, 0.15) is 5.75 Å². The monoisotopic (exact) mass is 323 g/mol. The van der Waals surface area contributed by atoms with Gasteiger partial charge in [0, 0.05) is 13.1 Å². The summed E-state index contributed by atoms with van der Waals surface area (Å²) in [5, 5.41) is 9.64. The van der Waals surface area contributed by atoms with E-state index in [2.05, 4.69) is 13.0 Å². The number of rotatable bonds is 4. The molecule has 0 saturated carbocycles. The zero-order valence-electron chi connectivity index (χ0n) is 14.2. The molecule has 0 bridgehead atoms. The highest BCUT2D eigenvalue weighted by Crippen LogP contribution is 2.20. The van der Waals surface area contributed by atoms with Crippen LogP contribution in [0.25, 0.3) is 0 Å².